The number of allylic oxidation sites excluding steroid dienone is 1. The molecule has 0 radical (unpaired) electrons. The second-order valence-electron chi connectivity index (χ2n) is 7.38. The number of carbonyl (C=O) groups is 1. The van der Waals surface area contributed by atoms with E-state index in [1.54, 1.807) is 0 Å². The number of fused-ring (bicyclic) bond motifs is 3. The molecule has 0 spiro atoms. The molecule has 0 aliphatic heterocycles. The van der Waals surface area contributed by atoms with E-state index in [1.165, 1.54) is 12.8 Å². The highest BCUT2D eigenvalue weighted by molar-refractivity contribution is 5.74. The third kappa shape index (κ3) is 1.22. The quantitative estimate of drug-likeness (QED) is 0.589. The number of hydrogen-bond acceptors (Lipinski definition) is 2. The maximum Gasteiger partial charge on any atom is 0.130 e. The molecule has 0 amide bonds. The molecule has 0 aromatic rings. The molecule has 1 N–H and O–H groups in total. The van der Waals surface area contributed by atoms with Crippen molar-refractivity contribution in [3.63, 3.8) is 0 Å². The number of hydrogen-bond donors (Lipinski definition) is 1. The smallest absolute Gasteiger partial charge is 0.130 e. The topological polar surface area (TPSA) is 37.3 Å². The molecular formula is C15H22O2. The van der Waals surface area contributed by atoms with Gasteiger partial charge < -0.3 is 9.90 Å². The summed E-state index contributed by atoms with van der Waals surface area (Å²) in [5.41, 5.74) is 1.19. The number of rotatable bonds is 2. The van der Waals surface area contributed by atoms with Crippen molar-refractivity contribution in [3.8, 4) is 0 Å². The first-order valence-electron chi connectivity index (χ1n) is 6.67. The average molecular weight is 234 g/mol. The van der Waals surface area contributed by atoms with Gasteiger partial charge in [0, 0.05) is 0 Å². The highest BCUT2D eigenvalue weighted by Gasteiger charge is 2.73. The van der Waals surface area contributed by atoms with Crippen LogP contribution in [0.3, 0.4) is 0 Å². The van der Waals surface area contributed by atoms with Crippen molar-refractivity contribution in [2.45, 2.75) is 40.0 Å². The van der Waals surface area contributed by atoms with Gasteiger partial charge in [-0.1, -0.05) is 26.8 Å². The zero-order valence-electron chi connectivity index (χ0n) is 11.0. The fourth-order valence-corrected chi connectivity index (χ4v) is 4.81. The average Bonchev–Trinajstić information content (AvgIpc) is 2.77. The van der Waals surface area contributed by atoms with Crippen LogP contribution in [0.4, 0.5) is 0 Å². The largest absolute Gasteiger partial charge is 0.392 e. The Kier molecular flexibility index (Phi) is 2.04. The molecule has 2 nitrogen and oxygen atoms in total. The van der Waals surface area contributed by atoms with E-state index in [9.17, 15) is 9.90 Å². The van der Waals surface area contributed by atoms with Crippen LogP contribution >= 0.6 is 0 Å². The Labute approximate surface area is 103 Å². The van der Waals surface area contributed by atoms with Crippen LogP contribution < -0.4 is 0 Å². The van der Waals surface area contributed by atoms with Gasteiger partial charge in [-0.05, 0) is 47.5 Å². The van der Waals surface area contributed by atoms with Crippen molar-refractivity contribution in [1.29, 1.82) is 0 Å². The van der Waals surface area contributed by atoms with Crippen molar-refractivity contribution in [2.75, 3.05) is 6.61 Å². The Bertz CT molecular complexity index is 409. The maximum atomic E-state index is 11.5. The summed E-state index contributed by atoms with van der Waals surface area (Å²) in [6.07, 6.45) is 6.71. The van der Waals surface area contributed by atoms with Gasteiger partial charge in [0.25, 0.3) is 0 Å². The van der Waals surface area contributed by atoms with E-state index >= 15 is 0 Å². The van der Waals surface area contributed by atoms with Gasteiger partial charge in [-0.15, -0.1) is 0 Å². The van der Waals surface area contributed by atoms with Gasteiger partial charge in [0.1, 0.15) is 6.29 Å². The van der Waals surface area contributed by atoms with Gasteiger partial charge in [-0.25, -0.2) is 0 Å². The first kappa shape index (κ1) is 11.5. The molecule has 2 heteroatoms. The summed E-state index contributed by atoms with van der Waals surface area (Å²) in [4.78, 5) is 11.5. The van der Waals surface area contributed by atoms with Crippen LogP contribution in [0.1, 0.15) is 40.0 Å². The molecule has 0 unspecified atom stereocenters. The van der Waals surface area contributed by atoms with Crippen molar-refractivity contribution in [2.24, 2.45) is 28.1 Å². The van der Waals surface area contributed by atoms with Gasteiger partial charge in [0.2, 0.25) is 0 Å². The molecule has 0 saturated heterocycles. The highest BCUT2D eigenvalue weighted by atomic mass is 16.3. The zero-order valence-corrected chi connectivity index (χ0v) is 11.0. The van der Waals surface area contributed by atoms with Gasteiger partial charge in [0.05, 0.1) is 12.0 Å². The molecule has 17 heavy (non-hydrogen) atoms. The Morgan fingerprint density at radius 1 is 1.41 bits per heavy atom. The molecule has 2 fully saturated rings. The van der Waals surface area contributed by atoms with E-state index in [0.717, 1.165) is 18.3 Å². The minimum atomic E-state index is -0.316. The van der Waals surface area contributed by atoms with Crippen LogP contribution in [0.5, 0.6) is 0 Å². The Balaban J connectivity index is 2.04. The van der Waals surface area contributed by atoms with Crippen molar-refractivity contribution in [3.05, 3.63) is 11.6 Å². The van der Waals surface area contributed by atoms with Gasteiger partial charge >= 0.3 is 0 Å². The molecule has 3 aliphatic carbocycles. The van der Waals surface area contributed by atoms with Crippen molar-refractivity contribution < 1.29 is 9.90 Å². The Hall–Kier alpha value is -0.630. The fraction of sp³-hybridized carbons (Fsp3) is 0.800. The van der Waals surface area contributed by atoms with Crippen LogP contribution in [-0.4, -0.2) is 18.0 Å². The molecule has 94 valence electrons. The van der Waals surface area contributed by atoms with Crippen molar-refractivity contribution >= 4 is 6.29 Å². The third-order valence-electron chi connectivity index (χ3n) is 5.80. The van der Waals surface area contributed by atoms with E-state index in [2.05, 4.69) is 26.8 Å². The lowest BCUT2D eigenvalue weighted by molar-refractivity contribution is -0.113. The molecule has 3 aliphatic rings. The second kappa shape index (κ2) is 3.03. The van der Waals surface area contributed by atoms with E-state index in [0.29, 0.717) is 17.3 Å². The normalized spacial score (nSPS) is 50.2. The van der Waals surface area contributed by atoms with E-state index in [4.69, 9.17) is 0 Å². The lowest BCUT2D eigenvalue weighted by Crippen LogP contribution is -2.31. The molecule has 0 bridgehead atoms. The molecular weight excluding hydrogens is 212 g/mol. The highest BCUT2D eigenvalue weighted by Crippen LogP contribution is 2.77. The Morgan fingerprint density at radius 3 is 2.71 bits per heavy atom. The predicted molar refractivity (Wildman–Crippen MR) is 66.4 cm³/mol. The molecule has 0 heterocycles. The van der Waals surface area contributed by atoms with Gasteiger partial charge in [0.15, 0.2) is 0 Å². The van der Waals surface area contributed by atoms with Crippen LogP contribution in [-0.2, 0) is 4.79 Å². The predicted octanol–water partition coefficient (Wildman–Crippen LogP) is 2.57. The minimum absolute atomic E-state index is 0.0536. The number of aliphatic hydroxyl groups is 1. The first-order valence-corrected chi connectivity index (χ1v) is 6.67. The third-order valence-corrected chi connectivity index (χ3v) is 5.80. The number of aliphatic hydroxyl groups excluding tert-OH is 1. The van der Waals surface area contributed by atoms with Crippen LogP contribution in [0.15, 0.2) is 11.6 Å². The molecule has 0 aromatic heterocycles. The monoisotopic (exact) mass is 234 g/mol. The van der Waals surface area contributed by atoms with Crippen molar-refractivity contribution in [1.82, 2.24) is 0 Å². The summed E-state index contributed by atoms with van der Waals surface area (Å²) in [6.45, 7) is 6.96. The minimum Gasteiger partial charge on any atom is -0.392 e. The van der Waals surface area contributed by atoms with E-state index in [1.807, 2.05) is 0 Å². The molecule has 2 saturated carbocycles. The van der Waals surface area contributed by atoms with Gasteiger partial charge in [-0.3, -0.25) is 0 Å². The first-order chi connectivity index (χ1) is 7.88. The zero-order chi connectivity index (χ0) is 12.5. The number of carbonyl (C=O) groups excluding carboxylic acids is 1. The van der Waals surface area contributed by atoms with E-state index in [-0.39, 0.29) is 17.4 Å². The lowest BCUT2D eigenvalue weighted by atomic mass is 9.69. The summed E-state index contributed by atoms with van der Waals surface area (Å²) < 4.78 is 0. The number of aldehydes is 1. The molecule has 0 aromatic carbocycles. The SMILES string of the molecule is CC1(C)C[C@H]2C=C(CO)[C@]3(C=O)C[C@]3(C)[C@H]2C1. The summed E-state index contributed by atoms with van der Waals surface area (Å²) in [6, 6.07) is 0. The Morgan fingerprint density at radius 2 is 2.12 bits per heavy atom. The molecule has 4 atom stereocenters. The van der Waals surface area contributed by atoms with Crippen LogP contribution in [0.2, 0.25) is 0 Å². The standard InChI is InChI=1S/C15H22O2/c1-13(2)5-10-4-11(7-16)15(9-17)8-14(15,3)12(10)6-13/h4,9-10,12,16H,5-8H2,1-3H3/t10-,12+,14-,15-/m1/s1. The van der Waals surface area contributed by atoms with Crippen LogP contribution in [0.25, 0.3) is 0 Å². The molecule has 3 rings (SSSR count). The maximum absolute atomic E-state index is 11.5. The summed E-state index contributed by atoms with van der Waals surface area (Å²) in [5, 5.41) is 9.52. The second-order valence-corrected chi connectivity index (χ2v) is 7.38. The van der Waals surface area contributed by atoms with E-state index < -0.39 is 0 Å². The summed E-state index contributed by atoms with van der Waals surface area (Å²) >= 11 is 0. The summed E-state index contributed by atoms with van der Waals surface area (Å²) in [5.74, 6) is 1.21. The summed E-state index contributed by atoms with van der Waals surface area (Å²) in [7, 11) is 0. The van der Waals surface area contributed by atoms with Crippen LogP contribution in [0, 0.1) is 28.1 Å². The fourth-order valence-electron chi connectivity index (χ4n) is 4.81. The van der Waals surface area contributed by atoms with Gasteiger partial charge in [-0.2, -0.15) is 0 Å². The lowest BCUT2D eigenvalue weighted by Gasteiger charge is -2.34.